The van der Waals surface area contributed by atoms with E-state index in [0.717, 1.165) is 38.5 Å². The topological polar surface area (TPSA) is 232 Å². The summed E-state index contributed by atoms with van der Waals surface area (Å²) in [6.07, 6.45) is 35.7. The summed E-state index contributed by atoms with van der Waals surface area (Å²) in [5.74, 6) is -2.83. The number of aliphatic carboxylic acids is 1. The maximum absolute atomic E-state index is 12.6. The highest BCUT2D eigenvalue weighted by molar-refractivity contribution is 7.47. The van der Waals surface area contributed by atoms with Gasteiger partial charge in [0.1, 0.15) is 12.6 Å². The molecule has 15 heteroatoms. The van der Waals surface area contributed by atoms with Crippen molar-refractivity contribution in [1.82, 2.24) is 0 Å². The summed E-state index contributed by atoms with van der Waals surface area (Å²) in [5, 5.41) is 39.3. The highest BCUT2D eigenvalue weighted by atomic mass is 31.2. The number of ether oxygens (including phenoxy) is 2. The number of hydrogen-bond donors (Lipinski definition) is 6. The number of hydrogen-bond acceptors (Lipinski definition) is 12. The maximum Gasteiger partial charge on any atom is 0.472 e. The fourth-order valence-electron chi connectivity index (χ4n) is 4.76. The Morgan fingerprint density at radius 3 is 1.88 bits per heavy atom. The van der Waals surface area contributed by atoms with Gasteiger partial charge in [-0.1, -0.05) is 124 Å². The van der Waals surface area contributed by atoms with Crippen LogP contribution in [0.5, 0.6) is 0 Å². The minimum absolute atomic E-state index is 0.0349. The van der Waals surface area contributed by atoms with Crippen LogP contribution in [0.1, 0.15) is 110 Å². The van der Waals surface area contributed by atoms with Crippen LogP contribution in [-0.2, 0) is 37.5 Å². The van der Waals surface area contributed by atoms with Crippen LogP contribution >= 0.6 is 7.82 Å². The Hall–Kier alpha value is -3.72. The summed E-state index contributed by atoms with van der Waals surface area (Å²) >= 11 is 0. The smallest absolute Gasteiger partial charge is 0.472 e. The molecule has 59 heavy (non-hydrogen) atoms. The largest absolute Gasteiger partial charge is 0.480 e. The van der Waals surface area contributed by atoms with Gasteiger partial charge in [-0.2, -0.15) is 0 Å². The van der Waals surface area contributed by atoms with Gasteiger partial charge in [0.2, 0.25) is 0 Å². The van der Waals surface area contributed by atoms with E-state index >= 15 is 0 Å². The van der Waals surface area contributed by atoms with E-state index in [1.165, 1.54) is 25.3 Å². The first-order valence-electron chi connectivity index (χ1n) is 20.6. The average Bonchev–Trinajstić information content (AvgIpc) is 3.20. The van der Waals surface area contributed by atoms with E-state index in [-0.39, 0.29) is 25.7 Å². The Bertz CT molecular complexity index is 1420. The number of esters is 2. The van der Waals surface area contributed by atoms with Crippen molar-refractivity contribution < 1.29 is 62.8 Å². The molecule has 0 spiro atoms. The van der Waals surface area contributed by atoms with Crippen LogP contribution in [0.4, 0.5) is 0 Å². The van der Waals surface area contributed by atoms with Gasteiger partial charge in [-0.3, -0.25) is 23.4 Å². The number of phosphoric acid groups is 1. The molecule has 334 valence electrons. The third-order valence-corrected chi connectivity index (χ3v) is 9.11. The molecule has 0 bridgehead atoms. The lowest BCUT2D eigenvalue weighted by Crippen LogP contribution is -2.34. The van der Waals surface area contributed by atoms with Crippen molar-refractivity contribution in [2.45, 2.75) is 141 Å². The van der Waals surface area contributed by atoms with Crippen LogP contribution in [0.3, 0.4) is 0 Å². The normalized spacial score (nSPS) is 16.3. The Balaban J connectivity index is 4.83. The first-order valence-corrected chi connectivity index (χ1v) is 22.1. The first kappa shape index (κ1) is 55.3. The van der Waals surface area contributed by atoms with Crippen molar-refractivity contribution in [3.05, 3.63) is 97.2 Å². The van der Waals surface area contributed by atoms with Crippen molar-refractivity contribution in [3.8, 4) is 0 Å². The minimum atomic E-state index is -4.83. The van der Waals surface area contributed by atoms with Gasteiger partial charge in [0.15, 0.2) is 6.10 Å². The molecule has 0 aliphatic rings. The highest BCUT2D eigenvalue weighted by Crippen LogP contribution is 2.43. The van der Waals surface area contributed by atoms with E-state index < -0.39 is 76.0 Å². The molecule has 6 atom stereocenters. The molecule has 0 aromatic carbocycles. The van der Waals surface area contributed by atoms with E-state index in [1.807, 2.05) is 19.1 Å². The van der Waals surface area contributed by atoms with Gasteiger partial charge in [-0.25, -0.2) is 4.57 Å². The Labute approximate surface area is 351 Å². The van der Waals surface area contributed by atoms with Crippen LogP contribution in [0.15, 0.2) is 97.2 Å². The van der Waals surface area contributed by atoms with Gasteiger partial charge >= 0.3 is 25.7 Å². The van der Waals surface area contributed by atoms with Crippen LogP contribution in [-0.4, -0.2) is 93.5 Å². The molecule has 0 heterocycles. The number of carboxylic acid groups (broad SMARTS) is 1. The number of nitrogens with two attached hydrogens (primary N) is 1. The summed E-state index contributed by atoms with van der Waals surface area (Å²) in [5.41, 5.74) is 5.30. The van der Waals surface area contributed by atoms with Gasteiger partial charge < -0.3 is 40.5 Å². The summed E-state index contributed by atoms with van der Waals surface area (Å²) in [6.45, 7) is 2.16. The van der Waals surface area contributed by atoms with Gasteiger partial charge in [-0.15, -0.1) is 0 Å². The quantitative estimate of drug-likeness (QED) is 0.0119. The summed E-state index contributed by atoms with van der Waals surface area (Å²) in [6, 6.07) is -1.59. The third-order valence-electron chi connectivity index (χ3n) is 8.16. The van der Waals surface area contributed by atoms with Crippen molar-refractivity contribution in [3.63, 3.8) is 0 Å². The maximum atomic E-state index is 12.6. The lowest BCUT2D eigenvalue weighted by atomic mass is 10.1. The molecule has 0 aliphatic heterocycles. The number of allylic oxidation sites excluding steroid dienone is 13. The molecule has 14 nitrogen and oxygen atoms in total. The number of carbonyl (C=O) groups excluding carboxylic acids is 2. The van der Waals surface area contributed by atoms with E-state index in [9.17, 15) is 39.2 Å². The van der Waals surface area contributed by atoms with Gasteiger partial charge in [-0.05, 0) is 70.6 Å². The molecule has 0 aliphatic carbocycles. The number of carbonyl (C=O) groups is 3. The Morgan fingerprint density at radius 2 is 1.25 bits per heavy atom. The van der Waals surface area contributed by atoms with Crippen molar-refractivity contribution >= 4 is 25.7 Å². The van der Waals surface area contributed by atoms with Crippen LogP contribution < -0.4 is 5.73 Å². The first-order chi connectivity index (χ1) is 28.3. The van der Waals surface area contributed by atoms with Gasteiger partial charge in [0, 0.05) is 12.8 Å². The lowest BCUT2D eigenvalue weighted by molar-refractivity contribution is -0.161. The van der Waals surface area contributed by atoms with Crippen LogP contribution in [0, 0.1) is 0 Å². The fourth-order valence-corrected chi connectivity index (χ4v) is 5.54. The molecule has 0 radical (unpaired) electrons. The van der Waals surface area contributed by atoms with Crippen molar-refractivity contribution in [2.24, 2.45) is 5.73 Å². The van der Waals surface area contributed by atoms with Crippen LogP contribution in [0.25, 0.3) is 0 Å². The fraction of sp³-hybridized carbons (Fsp3) is 0.568. The number of aliphatic hydroxyl groups excluding tert-OH is 3. The second-order valence-corrected chi connectivity index (χ2v) is 15.1. The molecule has 1 unspecified atom stereocenters. The minimum Gasteiger partial charge on any atom is -0.480 e. The predicted octanol–water partition coefficient (Wildman–Crippen LogP) is 7.41. The number of carboxylic acids is 1. The van der Waals surface area contributed by atoms with Gasteiger partial charge in [0.25, 0.3) is 0 Å². The van der Waals surface area contributed by atoms with E-state index in [4.69, 9.17) is 24.8 Å². The standard InChI is InChI=1S/C44H70NO13P/c1-3-5-7-8-9-10-11-12-13-14-15-16-17-22-26-32-42(49)55-34-38(35-56-59(53,54)57-36-39(45)44(51)52)58-43(50)33-27-31-41(48)40(47)30-25-21-19-18-20-24-29-37(46)28-23-6-4-2/h6,9-10,12-13,15-16,18-21,23-25,29-30,37-41,46-48H,3-5,7-8,11,14,17,22,26-28,31-36,45H2,1-2H3,(H,51,52)(H,53,54)/b10-9-,13-12-,16-15-,20-18+,21-19-,23-6-,29-24+,30-25-/t37-,38+,39-,40+,41+/m0/s1. The second kappa shape index (κ2) is 37.3. The van der Waals surface area contributed by atoms with Crippen LogP contribution in [0.2, 0.25) is 0 Å². The van der Waals surface area contributed by atoms with E-state index in [2.05, 4.69) is 47.9 Å². The average molecular weight is 852 g/mol. The van der Waals surface area contributed by atoms with Crippen molar-refractivity contribution in [2.75, 3.05) is 19.8 Å². The van der Waals surface area contributed by atoms with Crippen molar-refractivity contribution in [1.29, 1.82) is 0 Å². The molecule has 0 aromatic heterocycles. The molecule has 0 saturated heterocycles. The van der Waals surface area contributed by atoms with E-state index in [1.54, 1.807) is 42.5 Å². The summed E-state index contributed by atoms with van der Waals surface area (Å²) in [7, 11) is -4.83. The molecule has 7 N–H and O–H groups in total. The van der Waals surface area contributed by atoms with E-state index in [0.29, 0.717) is 12.8 Å². The monoisotopic (exact) mass is 851 g/mol. The summed E-state index contributed by atoms with van der Waals surface area (Å²) in [4.78, 5) is 45.9. The zero-order valence-electron chi connectivity index (χ0n) is 34.9. The molecular formula is C44H70NO13P. The lowest BCUT2D eigenvalue weighted by Gasteiger charge is -2.20. The summed E-state index contributed by atoms with van der Waals surface area (Å²) < 4.78 is 32.3. The highest BCUT2D eigenvalue weighted by Gasteiger charge is 2.28. The zero-order chi connectivity index (χ0) is 44.0. The molecule has 0 saturated carbocycles. The second-order valence-electron chi connectivity index (χ2n) is 13.6. The number of unbranched alkanes of at least 4 members (excludes halogenated alkanes) is 5. The third kappa shape index (κ3) is 35.9. The molecule has 0 fully saturated rings. The molecule has 0 rings (SSSR count). The Kier molecular flexibility index (Phi) is 34.9. The molecule has 0 amide bonds. The predicted molar refractivity (Wildman–Crippen MR) is 230 cm³/mol. The SMILES string of the molecule is CC/C=C\C[C@H](O)/C=C/C=C/C=C\C=C/[C@@H](O)[C@H](O)CCCC(=O)O[C@H](COC(=O)CCCC/C=C\C/C=C\C/C=C\CCCCC)COP(=O)(O)OC[C@H](N)C(=O)O. The zero-order valence-corrected chi connectivity index (χ0v) is 35.8. The molecular weight excluding hydrogens is 781 g/mol. The number of rotatable bonds is 36. The number of aliphatic hydroxyl groups is 3. The number of phosphoric ester groups is 1. The Morgan fingerprint density at radius 1 is 0.678 bits per heavy atom. The molecule has 0 aromatic rings. The van der Waals surface area contributed by atoms with Gasteiger partial charge in [0.05, 0.1) is 31.5 Å².